The first kappa shape index (κ1) is 8.12. The van der Waals surface area contributed by atoms with Gasteiger partial charge in [0.15, 0.2) is 0 Å². The summed E-state index contributed by atoms with van der Waals surface area (Å²) in [5.41, 5.74) is 0. The van der Waals surface area contributed by atoms with Gasteiger partial charge >= 0.3 is 5.91 Å². The molecular formula is C8H8N2O3. The van der Waals surface area contributed by atoms with Crippen LogP contribution in [0, 0.1) is 5.92 Å². The molecule has 0 aromatic rings. The van der Waals surface area contributed by atoms with E-state index >= 15 is 0 Å². The number of ketones is 1. The van der Waals surface area contributed by atoms with Crippen LogP contribution in [0.15, 0.2) is 17.3 Å². The Morgan fingerprint density at radius 3 is 3.08 bits per heavy atom. The number of piperidine rings is 1. The quantitative estimate of drug-likeness (QED) is 0.425. The molecule has 1 fully saturated rings. The second kappa shape index (κ2) is 2.77. The fraction of sp³-hybridized carbons (Fsp3) is 0.375. The minimum atomic E-state index is -0.884. The molecule has 0 aromatic carbocycles. The second-order valence-corrected chi connectivity index (χ2v) is 3.05. The Labute approximate surface area is 74.3 Å². The molecule has 0 spiro atoms. The fourth-order valence-corrected chi connectivity index (χ4v) is 1.50. The minimum Gasteiger partial charge on any atom is -0.289 e. The summed E-state index contributed by atoms with van der Waals surface area (Å²) in [4.78, 5) is 25.9. The van der Waals surface area contributed by atoms with Crippen LogP contribution in [0.1, 0.15) is 12.8 Å². The van der Waals surface area contributed by atoms with Crippen LogP contribution in [-0.2, 0) is 9.59 Å². The van der Waals surface area contributed by atoms with Crippen molar-refractivity contribution >= 4 is 17.5 Å². The third kappa shape index (κ3) is 1.17. The highest BCUT2D eigenvalue weighted by Crippen LogP contribution is 2.23. The number of carbonyl (C=O) groups is 2. The first-order valence-electron chi connectivity index (χ1n) is 3.99. The van der Waals surface area contributed by atoms with Gasteiger partial charge in [-0.3, -0.25) is 14.8 Å². The van der Waals surface area contributed by atoms with Crippen LogP contribution in [-0.4, -0.2) is 27.8 Å². The lowest BCUT2D eigenvalue weighted by molar-refractivity contribution is -0.160. The van der Waals surface area contributed by atoms with E-state index in [0.717, 1.165) is 0 Å². The normalized spacial score (nSPS) is 27.3. The van der Waals surface area contributed by atoms with E-state index in [4.69, 9.17) is 0 Å². The lowest BCUT2D eigenvalue weighted by Crippen LogP contribution is -2.48. The molecule has 1 saturated heterocycles. The molecule has 1 amide bonds. The molecule has 2 heterocycles. The van der Waals surface area contributed by atoms with Crippen molar-refractivity contribution in [2.75, 3.05) is 0 Å². The number of aliphatic imine (C=N–C) groups is 1. The maximum absolute atomic E-state index is 11.0. The summed E-state index contributed by atoms with van der Waals surface area (Å²) in [6.45, 7) is 0. The Kier molecular flexibility index (Phi) is 1.73. The summed E-state index contributed by atoms with van der Waals surface area (Å²) in [7, 11) is 0. The van der Waals surface area contributed by atoms with Crippen molar-refractivity contribution in [3.05, 3.63) is 12.3 Å². The van der Waals surface area contributed by atoms with Gasteiger partial charge in [-0.05, 0) is 6.42 Å². The monoisotopic (exact) mass is 180 g/mol. The Morgan fingerprint density at radius 1 is 1.54 bits per heavy atom. The molecule has 2 aliphatic rings. The van der Waals surface area contributed by atoms with Crippen molar-refractivity contribution < 1.29 is 14.8 Å². The van der Waals surface area contributed by atoms with Gasteiger partial charge in [-0.15, -0.1) is 0 Å². The van der Waals surface area contributed by atoms with E-state index in [1.165, 1.54) is 6.20 Å². The highest BCUT2D eigenvalue weighted by molar-refractivity contribution is 6.40. The van der Waals surface area contributed by atoms with Gasteiger partial charge in [0.05, 0.1) is 0 Å². The molecule has 13 heavy (non-hydrogen) atoms. The largest absolute Gasteiger partial charge is 0.319 e. The van der Waals surface area contributed by atoms with Gasteiger partial charge in [0.2, 0.25) is 5.78 Å². The maximum Gasteiger partial charge on any atom is 0.319 e. The van der Waals surface area contributed by atoms with Gasteiger partial charge in [-0.25, -0.2) is 4.99 Å². The summed E-state index contributed by atoms with van der Waals surface area (Å²) in [6.07, 6.45) is 4.14. The van der Waals surface area contributed by atoms with Crippen molar-refractivity contribution in [1.82, 2.24) is 5.06 Å². The number of hydroxylamine groups is 2. The van der Waals surface area contributed by atoms with Crippen LogP contribution in [0.4, 0.5) is 0 Å². The number of nitrogens with zero attached hydrogens (tertiary/aromatic N) is 2. The maximum atomic E-state index is 11.0. The average Bonchev–Trinajstić information content (AvgIpc) is 2.15. The molecule has 1 N–H and O–H groups in total. The highest BCUT2D eigenvalue weighted by Gasteiger charge is 2.37. The molecule has 68 valence electrons. The average molecular weight is 180 g/mol. The summed E-state index contributed by atoms with van der Waals surface area (Å²) in [5.74, 6) is -1.29. The van der Waals surface area contributed by atoms with Crippen LogP contribution in [0.5, 0.6) is 0 Å². The lowest BCUT2D eigenvalue weighted by atomic mass is 9.92. The van der Waals surface area contributed by atoms with E-state index < -0.39 is 11.7 Å². The third-order valence-corrected chi connectivity index (χ3v) is 2.18. The summed E-state index contributed by atoms with van der Waals surface area (Å²) >= 11 is 0. The van der Waals surface area contributed by atoms with E-state index in [1.807, 2.05) is 6.08 Å². The standard InChI is InChI=1S/C8H8N2O3/c11-6-4-5-2-1-3-9-7(5)10(13)8(6)12/h1,3,5,13H,2,4H2. The molecule has 5 nitrogen and oxygen atoms in total. The summed E-state index contributed by atoms with van der Waals surface area (Å²) < 4.78 is 0. The minimum absolute atomic E-state index is 0.139. The molecule has 2 aliphatic heterocycles. The predicted molar refractivity (Wildman–Crippen MR) is 42.9 cm³/mol. The lowest BCUT2D eigenvalue weighted by Gasteiger charge is -2.28. The van der Waals surface area contributed by atoms with Gasteiger partial charge in [-0.2, -0.15) is 5.06 Å². The first-order valence-corrected chi connectivity index (χ1v) is 3.99. The number of rotatable bonds is 0. The molecule has 0 saturated carbocycles. The highest BCUT2D eigenvalue weighted by atomic mass is 16.5. The van der Waals surface area contributed by atoms with Gasteiger partial charge in [0.25, 0.3) is 0 Å². The summed E-state index contributed by atoms with van der Waals surface area (Å²) in [5, 5.41) is 9.60. The van der Waals surface area contributed by atoms with E-state index in [2.05, 4.69) is 4.99 Å². The Morgan fingerprint density at radius 2 is 2.31 bits per heavy atom. The number of fused-ring (bicyclic) bond motifs is 1. The number of Topliss-reactive ketones (excluding diaryl/α,β-unsaturated/α-hetero) is 1. The Hall–Kier alpha value is -1.49. The van der Waals surface area contributed by atoms with Crippen LogP contribution >= 0.6 is 0 Å². The second-order valence-electron chi connectivity index (χ2n) is 3.05. The zero-order valence-corrected chi connectivity index (χ0v) is 6.80. The van der Waals surface area contributed by atoms with E-state index in [9.17, 15) is 14.8 Å². The predicted octanol–water partition coefficient (Wildman–Crippen LogP) is 0.109. The Bertz CT molecular complexity index is 332. The van der Waals surface area contributed by atoms with Crippen LogP contribution in [0.25, 0.3) is 0 Å². The van der Waals surface area contributed by atoms with Gasteiger partial charge in [0.1, 0.15) is 5.84 Å². The number of amides is 1. The molecule has 1 unspecified atom stereocenters. The SMILES string of the molecule is O=C1CC2CC=CN=C2N(O)C1=O. The molecule has 0 aromatic heterocycles. The molecule has 5 heteroatoms. The first-order chi connectivity index (χ1) is 6.20. The number of carbonyl (C=O) groups excluding carboxylic acids is 2. The summed E-state index contributed by atoms with van der Waals surface area (Å²) in [6, 6.07) is 0. The van der Waals surface area contributed by atoms with Gasteiger partial charge in [-0.1, -0.05) is 6.08 Å². The molecule has 0 bridgehead atoms. The molecular weight excluding hydrogens is 172 g/mol. The zero-order chi connectivity index (χ0) is 9.42. The fourth-order valence-electron chi connectivity index (χ4n) is 1.50. The van der Waals surface area contributed by atoms with Crippen molar-refractivity contribution in [2.45, 2.75) is 12.8 Å². The van der Waals surface area contributed by atoms with Crippen molar-refractivity contribution in [3.63, 3.8) is 0 Å². The molecule has 0 radical (unpaired) electrons. The smallest absolute Gasteiger partial charge is 0.289 e. The van der Waals surface area contributed by atoms with Gasteiger partial charge in [0, 0.05) is 18.5 Å². The third-order valence-electron chi connectivity index (χ3n) is 2.18. The number of allylic oxidation sites excluding steroid dienone is 1. The van der Waals surface area contributed by atoms with Crippen molar-refractivity contribution in [3.8, 4) is 0 Å². The van der Waals surface area contributed by atoms with Crippen LogP contribution in [0.2, 0.25) is 0 Å². The Balaban J connectivity index is 2.34. The molecule has 0 aliphatic carbocycles. The van der Waals surface area contributed by atoms with Crippen LogP contribution in [0.3, 0.4) is 0 Å². The molecule has 1 atom stereocenters. The number of amidine groups is 1. The van der Waals surface area contributed by atoms with E-state index in [0.29, 0.717) is 11.5 Å². The number of hydrogen-bond acceptors (Lipinski definition) is 4. The van der Waals surface area contributed by atoms with Crippen molar-refractivity contribution in [2.24, 2.45) is 10.9 Å². The number of hydrogen-bond donors (Lipinski definition) is 1. The zero-order valence-electron chi connectivity index (χ0n) is 6.80. The van der Waals surface area contributed by atoms with Crippen molar-refractivity contribution in [1.29, 1.82) is 0 Å². The molecule has 2 rings (SSSR count). The van der Waals surface area contributed by atoms with E-state index in [1.54, 1.807) is 0 Å². The van der Waals surface area contributed by atoms with Gasteiger partial charge < -0.3 is 0 Å². The van der Waals surface area contributed by atoms with Crippen LogP contribution < -0.4 is 0 Å². The van der Waals surface area contributed by atoms with E-state index in [-0.39, 0.29) is 18.2 Å². The topological polar surface area (TPSA) is 70.0 Å².